The predicted molar refractivity (Wildman–Crippen MR) is 69.3 cm³/mol. The van der Waals surface area contributed by atoms with E-state index in [9.17, 15) is 0 Å². The van der Waals surface area contributed by atoms with Crippen molar-refractivity contribution >= 4 is 0 Å². The highest BCUT2D eigenvalue weighted by Gasteiger charge is 2.15. The van der Waals surface area contributed by atoms with Crippen molar-refractivity contribution in [1.29, 1.82) is 0 Å². The molecule has 18 heavy (non-hydrogen) atoms. The summed E-state index contributed by atoms with van der Waals surface area (Å²) in [6.45, 7) is 6.94. The first-order chi connectivity index (χ1) is 8.59. The highest BCUT2D eigenvalue weighted by molar-refractivity contribution is 5.24. The lowest BCUT2D eigenvalue weighted by Gasteiger charge is -2.13. The third kappa shape index (κ3) is 2.61. The lowest BCUT2D eigenvalue weighted by atomic mass is 10.1. The molecule has 0 spiro atoms. The van der Waals surface area contributed by atoms with E-state index in [0.29, 0.717) is 0 Å². The van der Waals surface area contributed by atoms with Gasteiger partial charge in [-0.3, -0.25) is 0 Å². The van der Waals surface area contributed by atoms with Gasteiger partial charge in [-0.05, 0) is 20.8 Å². The summed E-state index contributed by atoms with van der Waals surface area (Å²) in [5, 5.41) is 7.46. The fraction of sp³-hybridized carbons (Fsp3) is 0.538. The fourth-order valence-corrected chi connectivity index (χ4v) is 2.25. The first-order valence-electron chi connectivity index (χ1n) is 6.22. The number of imidazole rings is 1. The molecule has 2 rings (SSSR count). The molecule has 5 heteroatoms. The van der Waals surface area contributed by atoms with Gasteiger partial charge < -0.3 is 14.4 Å². The molecule has 0 aromatic carbocycles. The molecule has 5 nitrogen and oxygen atoms in total. The van der Waals surface area contributed by atoms with Gasteiger partial charge >= 0.3 is 0 Å². The summed E-state index contributed by atoms with van der Waals surface area (Å²) in [6, 6.07) is 0.247. The molecule has 1 unspecified atom stereocenters. The zero-order chi connectivity index (χ0) is 13.1. The third-order valence-electron chi connectivity index (χ3n) is 3.24. The van der Waals surface area contributed by atoms with Gasteiger partial charge in [-0.2, -0.15) is 0 Å². The van der Waals surface area contributed by atoms with Gasteiger partial charge in [0.1, 0.15) is 11.6 Å². The van der Waals surface area contributed by atoms with Crippen LogP contribution in [0.15, 0.2) is 16.9 Å². The van der Waals surface area contributed by atoms with Crippen molar-refractivity contribution in [1.82, 2.24) is 20.0 Å². The Morgan fingerprint density at radius 2 is 2.22 bits per heavy atom. The van der Waals surface area contributed by atoms with Crippen molar-refractivity contribution in [2.75, 3.05) is 6.54 Å². The highest BCUT2D eigenvalue weighted by Crippen LogP contribution is 2.20. The Morgan fingerprint density at radius 1 is 1.44 bits per heavy atom. The summed E-state index contributed by atoms with van der Waals surface area (Å²) in [5.74, 6) is 1.98. The molecule has 0 aliphatic carbocycles. The first-order valence-corrected chi connectivity index (χ1v) is 6.22. The quantitative estimate of drug-likeness (QED) is 0.878. The summed E-state index contributed by atoms with van der Waals surface area (Å²) >= 11 is 0. The second-order valence-corrected chi connectivity index (χ2v) is 4.62. The number of aryl methyl sites for hydroxylation is 3. The second kappa shape index (κ2) is 5.35. The first kappa shape index (κ1) is 12.8. The van der Waals surface area contributed by atoms with Crippen LogP contribution in [0.1, 0.15) is 35.8 Å². The second-order valence-electron chi connectivity index (χ2n) is 4.62. The summed E-state index contributed by atoms with van der Waals surface area (Å²) in [7, 11) is 2.01. The van der Waals surface area contributed by atoms with E-state index in [1.165, 1.54) is 0 Å². The van der Waals surface area contributed by atoms with Gasteiger partial charge in [0.05, 0.1) is 5.69 Å². The minimum atomic E-state index is 0.247. The predicted octanol–water partition coefficient (Wildman–Crippen LogP) is 1.92. The van der Waals surface area contributed by atoms with Crippen molar-refractivity contribution in [2.45, 2.75) is 33.2 Å². The Bertz CT molecular complexity index is 495. The average Bonchev–Trinajstić information content (AvgIpc) is 2.86. The summed E-state index contributed by atoms with van der Waals surface area (Å²) in [4.78, 5) is 4.30. The summed E-state index contributed by atoms with van der Waals surface area (Å²) < 4.78 is 7.23. The van der Waals surface area contributed by atoms with Gasteiger partial charge in [0.2, 0.25) is 0 Å². The maximum Gasteiger partial charge on any atom is 0.138 e. The summed E-state index contributed by atoms with van der Waals surface area (Å²) in [6.07, 6.45) is 4.71. The van der Waals surface area contributed by atoms with Crippen molar-refractivity contribution in [2.24, 2.45) is 7.05 Å². The number of aromatic nitrogens is 3. The van der Waals surface area contributed by atoms with Crippen molar-refractivity contribution in [3.63, 3.8) is 0 Å². The largest absolute Gasteiger partial charge is 0.361 e. The van der Waals surface area contributed by atoms with E-state index in [4.69, 9.17) is 4.52 Å². The smallest absolute Gasteiger partial charge is 0.138 e. The van der Waals surface area contributed by atoms with Gasteiger partial charge in [-0.15, -0.1) is 0 Å². The molecule has 2 aromatic heterocycles. The van der Waals surface area contributed by atoms with Crippen LogP contribution in [0.4, 0.5) is 0 Å². The molecule has 0 saturated carbocycles. The molecule has 2 heterocycles. The third-order valence-corrected chi connectivity index (χ3v) is 3.24. The van der Waals surface area contributed by atoms with Gasteiger partial charge in [0, 0.05) is 44.0 Å². The van der Waals surface area contributed by atoms with E-state index in [2.05, 4.69) is 22.4 Å². The van der Waals surface area contributed by atoms with Crippen molar-refractivity contribution in [3.05, 3.63) is 35.2 Å². The van der Waals surface area contributed by atoms with Crippen molar-refractivity contribution in [3.8, 4) is 0 Å². The molecule has 0 radical (unpaired) electrons. The minimum absolute atomic E-state index is 0.247. The van der Waals surface area contributed by atoms with E-state index in [-0.39, 0.29) is 6.04 Å². The maximum atomic E-state index is 5.18. The van der Waals surface area contributed by atoms with E-state index in [1.54, 1.807) is 0 Å². The van der Waals surface area contributed by atoms with Crippen LogP contribution in [0.3, 0.4) is 0 Å². The number of hydrogen-bond donors (Lipinski definition) is 1. The highest BCUT2D eigenvalue weighted by atomic mass is 16.5. The Labute approximate surface area is 107 Å². The molecule has 0 bridgehead atoms. The Kier molecular flexibility index (Phi) is 3.81. The normalized spacial score (nSPS) is 12.9. The van der Waals surface area contributed by atoms with Gasteiger partial charge in [-0.25, -0.2) is 4.98 Å². The standard InChI is InChI=1S/C13H20N4O/c1-9(13-10(2)16-18-11(13)3)14-6-5-12-15-7-8-17(12)4/h7-9,14H,5-6H2,1-4H3. The van der Waals surface area contributed by atoms with Crippen LogP contribution in [0.25, 0.3) is 0 Å². The van der Waals surface area contributed by atoms with Crippen LogP contribution in [0.2, 0.25) is 0 Å². The van der Waals surface area contributed by atoms with Crippen LogP contribution in [0, 0.1) is 13.8 Å². The van der Waals surface area contributed by atoms with Crippen LogP contribution < -0.4 is 5.32 Å². The topological polar surface area (TPSA) is 55.9 Å². The Morgan fingerprint density at radius 3 is 2.78 bits per heavy atom. The van der Waals surface area contributed by atoms with Gasteiger partial charge in [-0.1, -0.05) is 5.16 Å². The van der Waals surface area contributed by atoms with Crippen molar-refractivity contribution < 1.29 is 4.52 Å². The molecule has 2 aromatic rings. The Hall–Kier alpha value is -1.62. The van der Waals surface area contributed by atoms with E-state index in [0.717, 1.165) is 35.8 Å². The van der Waals surface area contributed by atoms with Crippen LogP contribution >= 0.6 is 0 Å². The Balaban J connectivity index is 1.89. The van der Waals surface area contributed by atoms with E-state index in [1.807, 2.05) is 37.9 Å². The van der Waals surface area contributed by atoms with Crippen LogP contribution in [0.5, 0.6) is 0 Å². The lowest BCUT2D eigenvalue weighted by Crippen LogP contribution is -2.23. The molecule has 0 fully saturated rings. The maximum absolute atomic E-state index is 5.18. The average molecular weight is 248 g/mol. The number of nitrogens with zero attached hydrogens (tertiary/aromatic N) is 3. The van der Waals surface area contributed by atoms with Crippen LogP contribution in [-0.4, -0.2) is 21.3 Å². The monoisotopic (exact) mass is 248 g/mol. The van der Waals surface area contributed by atoms with E-state index < -0.39 is 0 Å². The zero-order valence-electron chi connectivity index (χ0n) is 11.4. The lowest BCUT2D eigenvalue weighted by molar-refractivity contribution is 0.390. The minimum Gasteiger partial charge on any atom is -0.361 e. The molecule has 0 saturated heterocycles. The van der Waals surface area contributed by atoms with Crippen LogP contribution in [-0.2, 0) is 13.5 Å². The molecule has 1 N–H and O–H groups in total. The fourth-order valence-electron chi connectivity index (χ4n) is 2.25. The number of nitrogens with one attached hydrogen (secondary N) is 1. The number of hydrogen-bond acceptors (Lipinski definition) is 4. The molecular formula is C13H20N4O. The molecule has 1 atom stereocenters. The SMILES string of the molecule is Cc1noc(C)c1C(C)NCCc1nccn1C. The molecule has 0 amide bonds. The molecule has 98 valence electrons. The number of rotatable bonds is 5. The molecule has 0 aliphatic rings. The van der Waals surface area contributed by atoms with Gasteiger partial charge in [0.25, 0.3) is 0 Å². The molecular weight excluding hydrogens is 228 g/mol. The zero-order valence-corrected chi connectivity index (χ0v) is 11.4. The molecule has 0 aliphatic heterocycles. The van der Waals surface area contributed by atoms with E-state index >= 15 is 0 Å². The van der Waals surface area contributed by atoms with Gasteiger partial charge in [0.15, 0.2) is 0 Å². The summed E-state index contributed by atoms with van der Waals surface area (Å²) in [5.41, 5.74) is 2.12.